The maximum Gasteiger partial charge on any atom is 0.335 e. The molecule has 0 unspecified atom stereocenters. The van der Waals surface area contributed by atoms with Gasteiger partial charge < -0.3 is 10.1 Å². The molecule has 8 nitrogen and oxygen atoms in total. The molecular formula is C25H16BrCl2N3O5. The fourth-order valence-electron chi connectivity index (χ4n) is 3.27. The van der Waals surface area contributed by atoms with Crippen LogP contribution in [0.25, 0.3) is 6.08 Å². The van der Waals surface area contributed by atoms with Gasteiger partial charge >= 0.3 is 6.03 Å². The van der Waals surface area contributed by atoms with Crippen molar-refractivity contribution in [2.45, 2.75) is 0 Å². The molecule has 0 bridgehead atoms. The number of hydrogen-bond donors (Lipinski definition) is 2. The van der Waals surface area contributed by atoms with Crippen LogP contribution in [0.1, 0.15) is 5.56 Å². The maximum atomic E-state index is 13.0. The van der Waals surface area contributed by atoms with Crippen molar-refractivity contribution < 1.29 is 23.9 Å². The molecule has 4 rings (SSSR count). The van der Waals surface area contributed by atoms with Crippen LogP contribution in [0.15, 0.2) is 76.8 Å². The van der Waals surface area contributed by atoms with Crippen molar-refractivity contribution >= 4 is 80.3 Å². The Kier molecular flexibility index (Phi) is 7.73. The van der Waals surface area contributed by atoms with Crippen LogP contribution in [0, 0.1) is 0 Å². The molecule has 0 spiro atoms. The van der Waals surface area contributed by atoms with E-state index in [4.69, 9.17) is 27.9 Å². The van der Waals surface area contributed by atoms with Gasteiger partial charge in [-0.3, -0.25) is 19.7 Å². The molecule has 1 heterocycles. The number of nitrogens with zero attached hydrogens (tertiary/aromatic N) is 1. The molecule has 0 aromatic heterocycles. The lowest BCUT2D eigenvalue weighted by Crippen LogP contribution is -2.54. The number of benzene rings is 3. The van der Waals surface area contributed by atoms with Crippen molar-refractivity contribution in [2.24, 2.45) is 0 Å². The third-order valence-electron chi connectivity index (χ3n) is 4.92. The van der Waals surface area contributed by atoms with Crippen LogP contribution in [0.5, 0.6) is 5.75 Å². The van der Waals surface area contributed by atoms with Crippen LogP contribution in [0.3, 0.4) is 0 Å². The molecule has 0 saturated carbocycles. The monoisotopic (exact) mass is 587 g/mol. The van der Waals surface area contributed by atoms with Crippen molar-refractivity contribution in [1.29, 1.82) is 0 Å². The number of carbonyl (C=O) groups is 4. The second kappa shape index (κ2) is 10.9. The molecule has 0 aliphatic carbocycles. The number of halogens is 3. The highest BCUT2D eigenvalue weighted by molar-refractivity contribution is 9.10. The predicted octanol–water partition coefficient (Wildman–Crippen LogP) is 5.44. The minimum absolute atomic E-state index is 0.227. The molecule has 3 aromatic rings. The molecule has 11 heteroatoms. The van der Waals surface area contributed by atoms with Gasteiger partial charge in [0.15, 0.2) is 6.61 Å². The molecule has 1 saturated heterocycles. The summed E-state index contributed by atoms with van der Waals surface area (Å²) in [7, 11) is 0. The summed E-state index contributed by atoms with van der Waals surface area (Å²) < 4.78 is 6.05. The van der Waals surface area contributed by atoms with Gasteiger partial charge in [-0.05, 0) is 82.2 Å². The molecule has 0 radical (unpaired) electrons. The third kappa shape index (κ3) is 5.93. The number of rotatable bonds is 6. The van der Waals surface area contributed by atoms with Crippen molar-refractivity contribution in [3.8, 4) is 5.75 Å². The standard InChI is InChI=1S/C25H16BrCl2N3O5/c26-20-11-14(4-9-21(20)36-13-22(32)29-17-7-5-15(27)6-8-17)10-19-23(33)30-25(35)31(24(19)34)18-3-1-2-16(28)12-18/h1-12H,13H2,(H,29,32)(H,30,33,35)/b19-10+. The summed E-state index contributed by atoms with van der Waals surface area (Å²) in [6, 6.07) is 16.7. The Labute approximate surface area is 223 Å². The number of nitrogens with one attached hydrogen (secondary N) is 2. The molecule has 0 atom stereocenters. The van der Waals surface area contributed by atoms with E-state index < -0.39 is 17.8 Å². The van der Waals surface area contributed by atoms with Gasteiger partial charge in [-0.25, -0.2) is 9.69 Å². The first-order chi connectivity index (χ1) is 17.2. The van der Waals surface area contributed by atoms with Crippen LogP contribution in [0.2, 0.25) is 10.0 Å². The zero-order chi connectivity index (χ0) is 25.8. The average molecular weight is 589 g/mol. The number of amides is 5. The average Bonchev–Trinajstić information content (AvgIpc) is 2.82. The molecule has 1 aliphatic rings. The zero-order valence-corrected chi connectivity index (χ0v) is 21.4. The van der Waals surface area contributed by atoms with Gasteiger partial charge in [-0.2, -0.15) is 0 Å². The lowest BCUT2D eigenvalue weighted by molar-refractivity contribution is -0.122. The summed E-state index contributed by atoms with van der Waals surface area (Å²) in [6.45, 7) is -0.251. The van der Waals surface area contributed by atoms with E-state index in [0.29, 0.717) is 31.5 Å². The summed E-state index contributed by atoms with van der Waals surface area (Å²) in [5.41, 5.74) is 1.05. The number of imide groups is 2. The summed E-state index contributed by atoms with van der Waals surface area (Å²) in [5, 5.41) is 5.73. The molecule has 1 fully saturated rings. The number of hydrogen-bond acceptors (Lipinski definition) is 5. The second-order valence-corrected chi connectivity index (χ2v) is 9.20. The SMILES string of the molecule is O=C(COc1ccc(/C=C2\C(=O)NC(=O)N(c3cccc(Cl)c3)C2=O)cc1Br)Nc1ccc(Cl)cc1. The fraction of sp³-hybridized carbons (Fsp3) is 0.0400. The molecule has 3 aromatic carbocycles. The van der Waals surface area contributed by atoms with Gasteiger partial charge in [0, 0.05) is 15.7 Å². The van der Waals surface area contributed by atoms with E-state index in [1.807, 2.05) is 0 Å². The van der Waals surface area contributed by atoms with Gasteiger partial charge in [0.05, 0.1) is 10.2 Å². The summed E-state index contributed by atoms with van der Waals surface area (Å²) in [4.78, 5) is 50.7. The minimum atomic E-state index is -0.869. The van der Waals surface area contributed by atoms with Gasteiger partial charge in [0.1, 0.15) is 11.3 Å². The van der Waals surface area contributed by atoms with Crippen molar-refractivity contribution in [1.82, 2.24) is 5.32 Å². The van der Waals surface area contributed by atoms with E-state index in [9.17, 15) is 19.2 Å². The Hall–Kier alpha value is -3.66. The Morgan fingerprint density at radius 3 is 2.44 bits per heavy atom. The predicted molar refractivity (Wildman–Crippen MR) is 140 cm³/mol. The number of urea groups is 1. The van der Waals surface area contributed by atoms with Gasteiger partial charge in [0.25, 0.3) is 17.7 Å². The van der Waals surface area contributed by atoms with Crippen LogP contribution in [-0.2, 0) is 14.4 Å². The number of ether oxygens (including phenoxy) is 1. The summed E-state index contributed by atoms with van der Waals surface area (Å²) >= 11 is 15.2. The highest BCUT2D eigenvalue weighted by Gasteiger charge is 2.36. The van der Waals surface area contributed by atoms with Gasteiger partial charge in [0.2, 0.25) is 0 Å². The first-order valence-corrected chi connectivity index (χ1v) is 11.9. The van der Waals surface area contributed by atoms with E-state index in [-0.39, 0.29) is 23.8 Å². The maximum absolute atomic E-state index is 13.0. The largest absolute Gasteiger partial charge is 0.483 e. The first-order valence-electron chi connectivity index (χ1n) is 10.4. The topological polar surface area (TPSA) is 105 Å². The summed E-state index contributed by atoms with van der Waals surface area (Å²) in [5.74, 6) is -1.61. The molecule has 5 amide bonds. The lowest BCUT2D eigenvalue weighted by Gasteiger charge is -2.26. The third-order valence-corrected chi connectivity index (χ3v) is 6.03. The second-order valence-electron chi connectivity index (χ2n) is 7.47. The molecular weight excluding hydrogens is 573 g/mol. The quantitative estimate of drug-likeness (QED) is 0.295. The molecule has 2 N–H and O–H groups in total. The van der Waals surface area contributed by atoms with Crippen LogP contribution in [-0.4, -0.2) is 30.4 Å². The highest BCUT2D eigenvalue weighted by atomic mass is 79.9. The normalized spacial score (nSPS) is 14.6. The summed E-state index contributed by atoms with van der Waals surface area (Å²) in [6.07, 6.45) is 1.35. The van der Waals surface area contributed by atoms with Crippen LogP contribution < -0.4 is 20.3 Å². The number of barbiturate groups is 1. The van der Waals surface area contributed by atoms with Gasteiger partial charge in [-0.15, -0.1) is 0 Å². The van der Waals surface area contributed by atoms with Crippen LogP contribution >= 0.6 is 39.1 Å². The molecule has 36 heavy (non-hydrogen) atoms. The van der Waals surface area contributed by atoms with E-state index in [1.54, 1.807) is 54.6 Å². The Morgan fingerprint density at radius 2 is 1.75 bits per heavy atom. The number of anilines is 2. The number of carbonyl (C=O) groups excluding carboxylic acids is 4. The van der Waals surface area contributed by atoms with Crippen molar-refractivity contribution in [2.75, 3.05) is 16.8 Å². The van der Waals surface area contributed by atoms with Crippen molar-refractivity contribution in [3.05, 3.63) is 92.4 Å². The lowest BCUT2D eigenvalue weighted by atomic mass is 10.1. The molecule has 182 valence electrons. The highest BCUT2D eigenvalue weighted by Crippen LogP contribution is 2.29. The van der Waals surface area contributed by atoms with E-state index in [2.05, 4.69) is 26.6 Å². The van der Waals surface area contributed by atoms with E-state index in [0.717, 1.165) is 4.90 Å². The van der Waals surface area contributed by atoms with E-state index >= 15 is 0 Å². The minimum Gasteiger partial charge on any atom is -0.483 e. The smallest absolute Gasteiger partial charge is 0.335 e. The Morgan fingerprint density at radius 1 is 1.00 bits per heavy atom. The van der Waals surface area contributed by atoms with Gasteiger partial charge in [-0.1, -0.05) is 35.3 Å². The Balaban J connectivity index is 1.47. The van der Waals surface area contributed by atoms with Crippen LogP contribution in [0.4, 0.5) is 16.2 Å². The fourth-order valence-corrected chi connectivity index (χ4v) is 4.09. The van der Waals surface area contributed by atoms with E-state index in [1.165, 1.54) is 18.2 Å². The zero-order valence-electron chi connectivity index (χ0n) is 18.3. The van der Waals surface area contributed by atoms with Crippen molar-refractivity contribution in [3.63, 3.8) is 0 Å². The Bertz CT molecular complexity index is 1410. The molecule has 1 aliphatic heterocycles. The first kappa shape index (κ1) is 25.4.